The van der Waals surface area contributed by atoms with Gasteiger partial charge in [0.15, 0.2) is 0 Å². The van der Waals surface area contributed by atoms with E-state index in [1.807, 2.05) is 0 Å². The molecule has 0 aliphatic rings. The van der Waals surface area contributed by atoms with Crippen LogP contribution in [0.1, 0.15) is 148 Å². The number of rotatable bonds is 20. The maximum absolute atomic E-state index is 3.49. The average molecular weight is 402 g/mol. The highest BCUT2D eigenvalue weighted by atomic mass is 14.7. The molecule has 1 aromatic heterocycles. The predicted molar refractivity (Wildman–Crippen MR) is 132 cm³/mol. The average Bonchev–Trinajstić information content (AvgIpc) is 3.25. The Balaban J connectivity index is 2.22. The van der Waals surface area contributed by atoms with Crippen molar-refractivity contribution >= 4 is 0 Å². The van der Waals surface area contributed by atoms with Crippen LogP contribution < -0.4 is 0 Å². The highest BCUT2D eigenvalue weighted by Crippen LogP contribution is 2.29. The molecule has 0 bridgehead atoms. The van der Waals surface area contributed by atoms with Crippen molar-refractivity contribution in [2.45, 2.75) is 142 Å². The van der Waals surface area contributed by atoms with E-state index in [1.54, 1.807) is 5.57 Å². The van der Waals surface area contributed by atoms with Crippen LogP contribution in [0.25, 0.3) is 0 Å². The van der Waals surface area contributed by atoms with E-state index in [2.05, 4.69) is 50.2 Å². The lowest BCUT2D eigenvalue weighted by Gasteiger charge is -2.17. The highest BCUT2D eigenvalue weighted by Gasteiger charge is 2.14. The maximum Gasteiger partial charge on any atom is 0.0219 e. The van der Waals surface area contributed by atoms with Gasteiger partial charge in [-0.15, -0.1) is 0 Å². The van der Waals surface area contributed by atoms with Gasteiger partial charge in [-0.2, -0.15) is 0 Å². The van der Waals surface area contributed by atoms with E-state index in [0.29, 0.717) is 5.92 Å². The molecule has 1 heterocycles. The second kappa shape index (κ2) is 19.0. The summed E-state index contributed by atoms with van der Waals surface area (Å²) in [5.74, 6) is 0.596. The molecule has 0 radical (unpaired) electrons. The van der Waals surface area contributed by atoms with Crippen LogP contribution >= 0.6 is 0 Å². The Bertz CT molecular complexity index is 471. The molecular weight excluding hydrogens is 350 g/mol. The van der Waals surface area contributed by atoms with Crippen molar-refractivity contribution in [1.29, 1.82) is 0 Å². The normalized spacial score (nSPS) is 13.1. The van der Waals surface area contributed by atoms with Gasteiger partial charge in [0, 0.05) is 17.8 Å². The van der Waals surface area contributed by atoms with Crippen LogP contribution in [0.5, 0.6) is 0 Å². The SMILES string of the molecule is CCCCCCCC/C=C(\C)C(CCCCCCCCCCCC)c1ccc[nH]1. The number of allylic oxidation sites excluding steroid dienone is 2. The Morgan fingerprint density at radius 1 is 0.759 bits per heavy atom. The standard InChI is InChI=1S/C28H51N/c1-4-6-8-10-12-13-14-16-18-20-23-27(28-24-21-25-29-28)26(3)22-19-17-15-11-9-7-5-2/h21-22,24-25,27,29H,4-20,23H2,1-3H3/b26-22+. The van der Waals surface area contributed by atoms with Crippen molar-refractivity contribution in [1.82, 2.24) is 4.98 Å². The van der Waals surface area contributed by atoms with Gasteiger partial charge in [-0.3, -0.25) is 0 Å². The van der Waals surface area contributed by atoms with Crippen molar-refractivity contribution in [2.75, 3.05) is 0 Å². The van der Waals surface area contributed by atoms with Crippen LogP contribution in [0.3, 0.4) is 0 Å². The van der Waals surface area contributed by atoms with Crippen molar-refractivity contribution in [2.24, 2.45) is 0 Å². The molecule has 0 saturated heterocycles. The monoisotopic (exact) mass is 401 g/mol. The molecule has 168 valence electrons. The summed E-state index contributed by atoms with van der Waals surface area (Å²) in [5, 5.41) is 0. The van der Waals surface area contributed by atoms with Gasteiger partial charge >= 0.3 is 0 Å². The fraction of sp³-hybridized carbons (Fsp3) is 0.786. The summed E-state index contributed by atoms with van der Waals surface area (Å²) in [5.41, 5.74) is 2.99. The second-order valence-electron chi connectivity index (χ2n) is 9.15. The third-order valence-electron chi connectivity index (χ3n) is 6.42. The van der Waals surface area contributed by atoms with Crippen LogP contribution in [0.15, 0.2) is 30.0 Å². The minimum atomic E-state index is 0.596. The molecule has 1 N–H and O–H groups in total. The molecule has 0 amide bonds. The molecule has 29 heavy (non-hydrogen) atoms. The fourth-order valence-corrected chi connectivity index (χ4v) is 4.42. The first-order chi connectivity index (χ1) is 14.3. The van der Waals surface area contributed by atoms with E-state index in [9.17, 15) is 0 Å². The quantitative estimate of drug-likeness (QED) is 0.165. The summed E-state index contributed by atoms with van der Waals surface area (Å²) in [6.07, 6.45) is 29.7. The second-order valence-corrected chi connectivity index (χ2v) is 9.15. The lowest BCUT2D eigenvalue weighted by molar-refractivity contribution is 0.536. The molecule has 1 nitrogen and oxygen atoms in total. The van der Waals surface area contributed by atoms with E-state index in [1.165, 1.54) is 121 Å². The van der Waals surface area contributed by atoms with Crippen LogP contribution in [0, 0.1) is 0 Å². The summed E-state index contributed by atoms with van der Waals surface area (Å²) in [6.45, 7) is 6.95. The van der Waals surface area contributed by atoms with Crippen LogP contribution in [0.4, 0.5) is 0 Å². The van der Waals surface area contributed by atoms with Crippen molar-refractivity contribution in [3.05, 3.63) is 35.7 Å². The third-order valence-corrected chi connectivity index (χ3v) is 6.42. The fourth-order valence-electron chi connectivity index (χ4n) is 4.42. The Labute approximate surface area is 183 Å². The summed E-state index contributed by atoms with van der Waals surface area (Å²) in [7, 11) is 0. The van der Waals surface area contributed by atoms with Crippen LogP contribution in [0.2, 0.25) is 0 Å². The number of hydrogen-bond acceptors (Lipinski definition) is 0. The van der Waals surface area contributed by atoms with Gasteiger partial charge in [0.05, 0.1) is 0 Å². The van der Waals surface area contributed by atoms with Crippen molar-refractivity contribution in [3.8, 4) is 0 Å². The van der Waals surface area contributed by atoms with Gasteiger partial charge in [-0.25, -0.2) is 0 Å². The van der Waals surface area contributed by atoms with Gasteiger partial charge in [0.2, 0.25) is 0 Å². The molecule has 0 aliphatic heterocycles. The number of hydrogen-bond donors (Lipinski definition) is 1. The van der Waals surface area contributed by atoms with E-state index < -0.39 is 0 Å². The first-order valence-corrected chi connectivity index (χ1v) is 13.1. The largest absolute Gasteiger partial charge is 0.364 e. The molecule has 1 heteroatoms. The van der Waals surface area contributed by atoms with Gasteiger partial charge in [0.25, 0.3) is 0 Å². The predicted octanol–water partition coefficient (Wildman–Crippen LogP) is 10.1. The molecule has 1 aromatic rings. The van der Waals surface area contributed by atoms with E-state index in [0.717, 1.165) is 0 Å². The smallest absolute Gasteiger partial charge is 0.0219 e. The molecular formula is C28H51N. The lowest BCUT2D eigenvalue weighted by Crippen LogP contribution is -2.02. The van der Waals surface area contributed by atoms with Gasteiger partial charge < -0.3 is 4.98 Å². The van der Waals surface area contributed by atoms with E-state index >= 15 is 0 Å². The zero-order valence-electron chi connectivity index (χ0n) is 20.1. The van der Waals surface area contributed by atoms with Gasteiger partial charge in [0.1, 0.15) is 0 Å². The van der Waals surface area contributed by atoms with E-state index in [-0.39, 0.29) is 0 Å². The Kier molecular flexibility index (Phi) is 17.1. The summed E-state index contributed by atoms with van der Waals surface area (Å²) < 4.78 is 0. The highest BCUT2D eigenvalue weighted by molar-refractivity contribution is 5.22. The molecule has 0 aromatic carbocycles. The minimum Gasteiger partial charge on any atom is -0.364 e. The van der Waals surface area contributed by atoms with Crippen molar-refractivity contribution in [3.63, 3.8) is 0 Å². The summed E-state index contributed by atoms with van der Waals surface area (Å²) >= 11 is 0. The first kappa shape index (κ1) is 26.1. The zero-order chi connectivity index (χ0) is 21.0. The zero-order valence-corrected chi connectivity index (χ0v) is 20.1. The lowest BCUT2D eigenvalue weighted by atomic mass is 9.89. The first-order valence-electron chi connectivity index (χ1n) is 13.1. The summed E-state index contributed by atoms with van der Waals surface area (Å²) in [4.78, 5) is 3.49. The number of aromatic amines is 1. The Morgan fingerprint density at radius 3 is 1.79 bits per heavy atom. The number of nitrogens with one attached hydrogen (secondary N) is 1. The third kappa shape index (κ3) is 13.8. The Hall–Kier alpha value is -0.980. The number of aromatic nitrogens is 1. The van der Waals surface area contributed by atoms with Crippen LogP contribution in [-0.4, -0.2) is 4.98 Å². The van der Waals surface area contributed by atoms with Gasteiger partial charge in [-0.1, -0.05) is 122 Å². The van der Waals surface area contributed by atoms with Crippen LogP contribution in [-0.2, 0) is 0 Å². The van der Waals surface area contributed by atoms with Crippen molar-refractivity contribution < 1.29 is 0 Å². The van der Waals surface area contributed by atoms with E-state index in [4.69, 9.17) is 0 Å². The van der Waals surface area contributed by atoms with Gasteiger partial charge in [-0.05, 0) is 38.3 Å². The molecule has 0 spiro atoms. The number of H-pyrrole nitrogens is 1. The minimum absolute atomic E-state index is 0.596. The molecule has 0 saturated carbocycles. The molecule has 0 fully saturated rings. The topological polar surface area (TPSA) is 15.8 Å². The molecule has 1 atom stereocenters. The number of unbranched alkanes of at least 4 members (excludes halogenated alkanes) is 15. The molecule has 1 unspecified atom stereocenters. The molecule has 0 aliphatic carbocycles. The molecule has 1 rings (SSSR count). The Morgan fingerprint density at radius 2 is 1.28 bits per heavy atom. The summed E-state index contributed by atoms with van der Waals surface area (Å²) in [6, 6.07) is 4.44. The maximum atomic E-state index is 3.49.